The number of aromatic nitrogens is 2. The molecule has 0 radical (unpaired) electrons. The van der Waals surface area contributed by atoms with Crippen LogP contribution in [0.4, 0.5) is 22.4 Å². The number of thiol groups is 1. The molecule has 0 spiro atoms. The predicted molar refractivity (Wildman–Crippen MR) is 161 cm³/mol. The summed E-state index contributed by atoms with van der Waals surface area (Å²) in [4.78, 5) is 27.6. The molecular formula is C29H31ClF4KN4O3S2+. The molecule has 1 aromatic heterocycles. The van der Waals surface area contributed by atoms with Crippen LogP contribution in [-0.2, 0) is 22.5 Å². The van der Waals surface area contributed by atoms with Crippen molar-refractivity contribution < 1.29 is 83.3 Å². The number of imidazole rings is 1. The van der Waals surface area contributed by atoms with Gasteiger partial charge in [0, 0.05) is 48.9 Å². The van der Waals surface area contributed by atoms with Crippen molar-refractivity contribution in [2.45, 2.75) is 63.6 Å². The van der Waals surface area contributed by atoms with Gasteiger partial charge >= 0.3 is 57.5 Å². The average Bonchev–Trinajstić information content (AvgIpc) is 3.59. The molecule has 15 heteroatoms. The van der Waals surface area contributed by atoms with Gasteiger partial charge < -0.3 is 19.1 Å². The topological polar surface area (TPSA) is 91.1 Å². The fourth-order valence-electron chi connectivity index (χ4n) is 4.95. The van der Waals surface area contributed by atoms with E-state index in [9.17, 15) is 27.2 Å². The van der Waals surface area contributed by atoms with Gasteiger partial charge in [0.2, 0.25) is 0 Å². The minimum Gasteiger partial charge on any atom is -0.444 e. The van der Waals surface area contributed by atoms with Crippen LogP contribution >= 0.6 is 37.3 Å². The van der Waals surface area contributed by atoms with Crippen molar-refractivity contribution in [1.29, 1.82) is 5.26 Å². The van der Waals surface area contributed by atoms with E-state index in [4.69, 9.17) is 22.2 Å². The minimum atomic E-state index is -0.673. The molecule has 5 rings (SSSR count). The third-order valence-corrected chi connectivity index (χ3v) is 6.99. The summed E-state index contributed by atoms with van der Waals surface area (Å²) in [5.74, 6) is -2.59. The first-order valence-electron chi connectivity index (χ1n) is 12.9. The summed E-state index contributed by atoms with van der Waals surface area (Å²) in [7, 11) is 0. The first-order chi connectivity index (χ1) is 19.7. The second kappa shape index (κ2) is 17.8. The van der Waals surface area contributed by atoms with E-state index in [1.807, 2.05) is 10.8 Å². The van der Waals surface area contributed by atoms with E-state index in [1.54, 1.807) is 20.8 Å². The van der Waals surface area contributed by atoms with Crippen LogP contribution in [0.3, 0.4) is 0 Å². The summed E-state index contributed by atoms with van der Waals surface area (Å²) in [6, 6.07) is 6.29. The van der Waals surface area contributed by atoms with Crippen molar-refractivity contribution in [1.82, 2.24) is 14.5 Å². The van der Waals surface area contributed by atoms with Gasteiger partial charge in [0.05, 0.1) is 6.04 Å². The van der Waals surface area contributed by atoms with Gasteiger partial charge in [-0.15, -0.1) is 12.4 Å². The Balaban J connectivity index is 0.000000396. The molecule has 44 heavy (non-hydrogen) atoms. The van der Waals surface area contributed by atoms with Crippen molar-refractivity contribution in [2.75, 3.05) is 6.54 Å². The minimum absolute atomic E-state index is 0. The van der Waals surface area contributed by atoms with Crippen LogP contribution in [0.25, 0.3) is 0 Å². The maximum Gasteiger partial charge on any atom is 1.00 e. The summed E-state index contributed by atoms with van der Waals surface area (Å²) in [6.07, 6.45) is 3.02. The number of nitrogens with one attached hydrogen (secondary N) is 1. The number of amides is 1. The maximum atomic E-state index is 13.3. The van der Waals surface area contributed by atoms with E-state index in [0.29, 0.717) is 35.1 Å². The Kier molecular flexibility index (Phi) is 16.4. The van der Waals surface area contributed by atoms with E-state index in [0.717, 1.165) is 24.2 Å². The number of rotatable bonds is 3. The van der Waals surface area contributed by atoms with Crippen molar-refractivity contribution in [2.24, 2.45) is 0 Å². The van der Waals surface area contributed by atoms with Crippen molar-refractivity contribution in [3.63, 3.8) is 0 Å². The van der Waals surface area contributed by atoms with E-state index in [2.05, 4.69) is 17.6 Å². The second-order valence-corrected chi connectivity index (χ2v) is 11.5. The van der Waals surface area contributed by atoms with Gasteiger partial charge in [-0.25, -0.2) is 22.4 Å². The number of thiocyanates is 1. The number of nitrogens with zero attached hydrogens (tertiary/aromatic N) is 3. The fraction of sp³-hybridized carbons (Fsp3) is 0.379. The zero-order valence-electron chi connectivity index (χ0n) is 24.5. The smallest absolute Gasteiger partial charge is 0.444 e. The number of hydrogen-bond donors (Lipinski definition) is 2. The van der Waals surface area contributed by atoms with Crippen LogP contribution in [-0.4, -0.2) is 45.0 Å². The normalized spacial score (nSPS) is 18.2. The van der Waals surface area contributed by atoms with E-state index in [-0.39, 0.29) is 82.2 Å². The Labute approximate surface area is 312 Å². The summed E-state index contributed by atoms with van der Waals surface area (Å²) in [5.41, 5.74) is 1.55. The van der Waals surface area contributed by atoms with Crippen LogP contribution in [0.1, 0.15) is 55.8 Å². The summed E-state index contributed by atoms with van der Waals surface area (Å²) >= 11 is 8.22. The summed E-state index contributed by atoms with van der Waals surface area (Å²) in [5, 5.41) is 8.63. The number of likely N-dealkylation sites (tertiary alicyclic amines) is 1. The Hall–Kier alpha value is -1.70. The number of aldehydes is 1. The van der Waals surface area contributed by atoms with Crippen LogP contribution in [0.5, 0.6) is 0 Å². The number of ether oxygens (including phenoxy) is 1. The molecule has 1 saturated heterocycles. The number of aromatic amines is 1. The zero-order valence-corrected chi connectivity index (χ0v) is 30.2. The SMILES string of the molecule is CC(C)(C)OC(=O)N1C[C@@H](c2cc(F)cc(F)c2)CC1C=O.Cl.Fc1cc(F)cc([C@H]2Cc3c[nH]c(=S)n3C2)c1.N#CS.[K+]. The largest absolute Gasteiger partial charge is 1.00 e. The average molecular weight is 698 g/mol. The predicted octanol–water partition coefficient (Wildman–Crippen LogP) is 4.24. The van der Waals surface area contributed by atoms with Gasteiger partial charge in [-0.05, 0) is 81.2 Å². The molecule has 3 aromatic rings. The zero-order chi connectivity index (χ0) is 31.2. The quantitative estimate of drug-likeness (QED) is 0.107. The van der Waals surface area contributed by atoms with E-state index in [1.165, 1.54) is 34.6 Å². The van der Waals surface area contributed by atoms with Gasteiger partial charge in [0.1, 0.15) is 40.6 Å². The first kappa shape index (κ1) is 40.3. The Morgan fingerprint density at radius 1 is 1.02 bits per heavy atom. The molecule has 2 aliphatic rings. The molecule has 1 fully saturated rings. The molecule has 0 aliphatic carbocycles. The molecule has 0 bridgehead atoms. The molecule has 7 nitrogen and oxygen atoms in total. The number of H-pyrrole nitrogens is 1. The van der Waals surface area contributed by atoms with Crippen molar-refractivity contribution in [3.05, 3.63) is 87.5 Å². The molecule has 2 aliphatic heterocycles. The van der Waals surface area contributed by atoms with Crippen molar-refractivity contribution >= 4 is 49.6 Å². The van der Waals surface area contributed by atoms with Gasteiger partial charge in [0.25, 0.3) is 0 Å². The number of carbonyl (C=O) groups excluding carboxylic acids is 2. The molecule has 3 atom stereocenters. The van der Waals surface area contributed by atoms with Crippen LogP contribution < -0.4 is 51.4 Å². The molecule has 1 unspecified atom stereocenters. The maximum absolute atomic E-state index is 13.3. The van der Waals surface area contributed by atoms with Gasteiger partial charge in [-0.2, -0.15) is 5.26 Å². The third-order valence-electron chi connectivity index (χ3n) is 6.65. The second-order valence-electron chi connectivity index (χ2n) is 10.9. The molecule has 2 aromatic carbocycles. The number of nitriles is 1. The summed E-state index contributed by atoms with van der Waals surface area (Å²) < 4.78 is 60.8. The van der Waals surface area contributed by atoms with Gasteiger partial charge in [-0.3, -0.25) is 4.90 Å². The van der Waals surface area contributed by atoms with E-state index < -0.39 is 41.0 Å². The number of halogens is 5. The number of benzene rings is 2. The molecule has 0 saturated carbocycles. The number of fused-ring (bicyclic) bond motifs is 1. The standard InChI is InChI=1S/C16H19F2NO3.C12H10F2N2S.CHNS.ClH.K/c1-16(2,3)22-15(21)19-8-11(6-14(19)9-20)10-4-12(17)7-13(18)5-10;13-9-1-7(2-10(14)4-9)8-3-11-5-15-12(17)16(11)6-8;2-1-3;;/h4-5,7,9,11,14H,6,8H2,1-3H3;1-2,4-5,8H,3,6H2,(H,15,17);3H;1H;/q;;;;+1/t11-,14?;8-;;;/m00.../s1. The molecule has 1 N–H and O–H groups in total. The number of carbonyl (C=O) groups is 2. The first-order valence-corrected chi connectivity index (χ1v) is 13.8. The van der Waals surface area contributed by atoms with Crippen molar-refractivity contribution in [3.8, 4) is 5.40 Å². The van der Waals surface area contributed by atoms with Gasteiger partial charge in [-0.1, -0.05) is 12.6 Å². The number of hydrogen-bond acceptors (Lipinski definition) is 6. The van der Waals surface area contributed by atoms with E-state index >= 15 is 0 Å². The fourth-order valence-corrected chi connectivity index (χ4v) is 5.20. The molecule has 1 amide bonds. The Bertz CT molecular complexity index is 1500. The van der Waals surface area contributed by atoms with Crippen LogP contribution in [0.15, 0.2) is 42.6 Å². The summed E-state index contributed by atoms with van der Waals surface area (Å²) in [6.45, 7) is 6.07. The van der Waals surface area contributed by atoms with Crippen LogP contribution in [0.2, 0.25) is 0 Å². The molecule has 3 heterocycles. The van der Waals surface area contributed by atoms with Crippen LogP contribution in [0, 0.1) is 38.7 Å². The van der Waals surface area contributed by atoms with Gasteiger partial charge in [0.15, 0.2) is 4.77 Å². The Morgan fingerprint density at radius 3 is 1.93 bits per heavy atom. The molecular weight excluding hydrogens is 667 g/mol. The third kappa shape index (κ3) is 11.3. The molecule has 232 valence electrons. The monoisotopic (exact) mass is 697 g/mol. The Morgan fingerprint density at radius 2 is 1.50 bits per heavy atom.